The van der Waals surface area contributed by atoms with Crippen molar-refractivity contribution in [3.05, 3.63) is 12.2 Å². The Bertz CT molecular complexity index is 387. The summed E-state index contributed by atoms with van der Waals surface area (Å²) in [7, 11) is 0. The number of rotatable bonds is 5. The Labute approximate surface area is 107 Å². The Kier molecular flexibility index (Phi) is 3.46. The van der Waals surface area contributed by atoms with Crippen LogP contribution < -0.4 is 0 Å². The molecule has 4 atom stereocenters. The van der Waals surface area contributed by atoms with E-state index < -0.39 is 17.3 Å². The van der Waals surface area contributed by atoms with Gasteiger partial charge in [-0.05, 0) is 38.0 Å². The first-order valence-electron chi connectivity index (χ1n) is 6.64. The Morgan fingerprint density at radius 1 is 1.44 bits per heavy atom. The molecule has 4 unspecified atom stereocenters. The van der Waals surface area contributed by atoms with Crippen LogP contribution in [-0.2, 0) is 14.3 Å². The summed E-state index contributed by atoms with van der Waals surface area (Å²) in [6, 6.07) is 0. The van der Waals surface area contributed by atoms with Gasteiger partial charge in [-0.15, -0.1) is 0 Å². The van der Waals surface area contributed by atoms with Gasteiger partial charge in [0.2, 0.25) is 0 Å². The van der Waals surface area contributed by atoms with Crippen LogP contribution >= 0.6 is 0 Å². The van der Waals surface area contributed by atoms with E-state index in [4.69, 9.17) is 4.74 Å². The molecule has 0 radical (unpaired) electrons. The van der Waals surface area contributed by atoms with Gasteiger partial charge in [0.05, 0.1) is 17.9 Å². The summed E-state index contributed by atoms with van der Waals surface area (Å²) in [4.78, 5) is 23.8. The fourth-order valence-corrected chi connectivity index (χ4v) is 3.70. The zero-order valence-electron chi connectivity index (χ0n) is 10.9. The smallest absolute Gasteiger partial charge is 0.313 e. The highest BCUT2D eigenvalue weighted by atomic mass is 16.5. The quantitative estimate of drug-likeness (QED) is 0.602. The van der Waals surface area contributed by atoms with Gasteiger partial charge in [0.25, 0.3) is 0 Å². The van der Waals surface area contributed by atoms with Crippen molar-refractivity contribution in [2.75, 3.05) is 6.61 Å². The van der Waals surface area contributed by atoms with Crippen LogP contribution in [0.4, 0.5) is 0 Å². The van der Waals surface area contributed by atoms with E-state index in [0.717, 1.165) is 6.42 Å². The molecule has 0 aromatic heterocycles. The molecule has 2 aliphatic carbocycles. The number of carboxylic acid groups (broad SMARTS) is 1. The van der Waals surface area contributed by atoms with Gasteiger partial charge < -0.3 is 9.84 Å². The van der Waals surface area contributed by atoms with E-state index in [-0.39, 0.29) is 11.9 Å². The van der Waals surface area contributed by atoms with Crippen LogP contribution in [-0.4, -0.2) is 23.7 Å². The zero-order valence-corrected chi connectivity index (χ0v) is 10.9. The lowest BCUT2D eigenvalue weighted by atomic mass is 9.65. The summed E-state index contributed by atoms with van der Waals surface area (Å²) in [6.07, 6.45) is 6.10. The molecule has 0 heterocycles. The van der Waals surface area contributed by atoms with Crippen molar-refractivity contribution in [2.24, 2.45) is 23.2 Å². The largest absolute Gasteiger partial charge is 0.481 e. The van der Waals surface area contributed by atoms with Crippen molar-refractivity contribution in [2.45, 2.75) is 33.1 Å². The molecule has 2 rings (SSSR count). The third-order valence-corrected chi connectivity index (χ3v) is 4.42. The lowest BCUT2D eigenvalue weighted by Gasteiger charge is -2.37. The van der Waals surface area contributed by atoms with Crippen molar-refractivity contribution < 1.29 is 19.4 Å². The molecular formula is C14H20O4. The number of hydrogen-bond donors (Lipinski definition) is 1. The van der Waals surface area contributed by atoms with E-state index in [1.54, 1.807) is 6.92 Å². The fourth-order valence-electron chi connectivity index (χ4n) is 3.70. The van der Waals surface area contributed by atoms with Crippen molar-refractivity contribution in [3.63, 3.8) is 0 Å². The summed E-state index contributed by atoms with van der Waals surface area (Å²) in [5.41, 5.74) is -0.837. The Balaban J connectivity index is 2.37. The lowest BCUT2D eigenvalue weighted by molar-refractivity contribution is -0.169. The topological polar surface area (TPSA) is 63.6 Å². The molecular weight excluding hydrogens is 232 g/mol. The van der Waals surface area contributed by atoms with Crippen molar-refractivity contribution in [3.8, 4) is 0 Å². The van der Waals surface area contributed by atoms with E-state index in [2.05, 4.69) is 6.08 Å². The fraction of sp³-hybridized carbons (Fsp3) is 0.714. The molecule has 2 bridgehead atoms. The van der Waals surface area contributed by atoms with Crippen LogP contribution in [0.15, 0.2) is 12.2 Å². The highest BCUT2D eigenvalue weighted by Gasteiger charge is 2.60. The molecule has 4 nitrogen and oxygen atoms in total. The average Bonchev–Trinajstić information content (AvgIpc) is 2.90. The Morgan fingerprint density at radius 2 is 2.17 bits per heavy atom. The summed E-state index contributed by atoms with van der Waals surface area (Å²) in [6.45, 7) is 3.89. The van der Waals surface area contributed by atoms with E-state index in [9.17, 15) is 14.7 Å². The molecule has 0 aliphatic heterocycles. The number of allylic oxidation sites excluding steroid dienone is 2. The number of fused-ring (bicyclic) bond motifs is 2. The summed E-state index contributed by atoms with van der Waals surface area (Å²) in [5.74, 6) is -1.48. The molecule has 0 spiro atoms. The highest BCUT2D eigenvalue weighted by Crippen LogP contribution is 2.57. The second kappa shape index (κ2) is 4.75. The lowest BCUT2D eigenvalue weighted by Crippen LogP contribution is -2.46. The SMILES string of the molecule is CCOC(=O)C1(C(CC)C(=O)O)CC2C=CC1C2. The van der Waals surface area contributed by atoms with E-state index >= 15 is 0 Å². The van der Waals surface area contributed by atoms with Crippen molar-refractivity contribution in [1.82, 2.24) is 0 Å². The van der Waals surface area contributed by atoms with Gasteiger partial charge in [-0.1, -0.05) is 19.1 Å². The van der Waals surface area contributed by atoms with E-state index in [1.807, 2.05) is 13.0 Å². The molecule has 4 heteroatoms. The van der Waals surface area contributed by atoms with Gasteiger partial charge in [0, 0.05) is 0 Å². The third-order valence-electron chi connectivity index (χ3n) is 4.42. The number of ether oxygens (including phenoxy) is 1. The zero-order chi connectivity index (χ0) is 13.3. The summed E-state index contributed by atoms with van der Waals surface area (Å²) >= 11 is 0. The minimum atomic E-state index is -0.883. The minimum absolute atomic E-state index is 0.0302. The van der Waals surface area contributed by atoms with Crippen LogP contribution in [0.2, 0.25) is 0 Å². The third kappa shape index (κ3) is 1.74. The van der Waals surface area contributed by atoms with Crippen LogP contribution in [0.1, 0.15) is 33.1 Å². The number of carbonyl (C=O) groups is 2. The summed E-state index contributed by atoms with van der Waals surface area (Å²) < 4.78 is 5.18. The summed E-state index contributed by atoms with van der Waals surface area (Å²) in [5, 5.41) is 9.41. The number of hydrogen-bond acceptors (Lipinski definition) is 3. The molecule has 1 N–H and O–H groups in total. The van der Waals surface area contributed by atoms with Crippen LogP contribution in [0.3, 0.4) is 0 Å². The molecule has 1 saturated carbocycles. The maximum absolute atomic E-state index is 12.3. The van der Waals surface area contributed by atoms with Gasteiger partial charge in [-0.25, -0.2) is 0 Å². The van der Waals surface area contributed by atoms with Gasteiger partial charge in [-0.3, -0.25) is 9.59 Å². The molecule has 18 heavy (non-hydrogen) atoms. The molecule has 1 fully saturated rings. The van der Waals surface area contributed by atoms with Gasteiger partial charge >= 0.3 is 11.9 Å². The maximum Gasteiger partial charge on any atom is 0.313 e. The number of carbonyl (C=O) groups excluding carboxylic acids is 1. The first-order valence-corrected chi connectivity index (χ1v) is 6.64. The molecule has 2 aliphatic rings. The van der Waals surface area contributed by atoms with Gasteiger partial charge in [0.1, 0.15) is 0 Å². The second-order valence-electron chi connectivity index (χ2n) is 5.25. The predicted molar refractivity (Wildman–Crippen MR) is 65.8 cm³/mol. The highest BCUT2D eigenvalue weighted by molar-refractivity contribution is 5.86. The van der Waals surface area contributed by atoms with Crippen LogP contribution in [0, 0.1) is 23.2 Å². The number of aliphatic carboxylic acids is 1. The van der Waals surface area contributed by atoms with Crippen LogP contribution in [0.25, 0.3) is 0 Å². The van der Waals surface area contributed by atoms with Crippen LogP contribution in [0.5, 0.6) is 0 Å². The molecule has 0 amide bonds. The second-order valence-corrected chi connectivity index (χ2v) is 5.25. The normalized spacial score (nSPS) is 34.6. The Morgan fingerprint density at radius 3 is 2.56 bits per heavy atom. The molecule has 100 valence electrons. The van der Waals surface area contributed by atoms with Gasteiger partial charge in [0.15, 0.2) is 0 Å². The van der Waals surface area contributed by atoms with Gasteiger partial charge in [-0.2, -0.15) is 0 Å². The molecule has 0 aromatic rings. The maximum atomic E-state index is 12.3. The monoisotopic (exact) mass is 252 g/mol. The van der Waals surface area contributed by atoms with Crippen molar-refractivity contribution in [1.29, 1.82) is 0 Å². The molecule has 0 aromatic carbocycles. The Hall–Kier alpha value is -1.32. The van der Waals surface area contributed by atoms with E-state index in [1.165, 1.54) is 0 Å². The number of carboxylic acids is 1. The van der Waals surface area contributed by atoms with Crippen molar-refractivity contribution >= 4 is 11.9 Å². The number of esters is 1. The first-order chi connectivity index (χ1) is 8.56. The van der Waals surface area contributed by atoms with E-state index in [0.29, 0.717) is 25.4 Å². The standard InChI is InChI=1S/C14H20O4/c1-3-11(12(15)16)14(13(17)18-4-2)8-9-5-6-10(14)7-9/h5-6,9-11H,3-4,7-8H2,1-2H3,(H,15,16). The molecule has 0 saturated heterocycles. The minimum Gasteiger partial charge on any atom is -0.481 e. The average molecular weight is 252 g/mol. The predicted octanol–water partition coefficient (Wildman–Crippen LogP) is 2.24. The first kappa shape index (κ1) is 13.1.